The molecule has 8 heteroatoms. The molecule has 1 unspecified atom stereocenters. The summed E-state index contributed by atoms with van der Waals surface area (Å²) in [5.74, 6) is 1.80. The highest BCUT2D eigenvalue weighted by Crippen LogP contribution is 2.14. The van der Waals surface area contributed by atoms with Crippen molar-refractivity contribution in [1.82, 2.24) is 15.5 Å². The minimum absolute atomic E-state index is 0. The van der Waals surface area contributed by atoms with Crippen molar-refractivity contribution < 1.29 is 8.42 Å². The average molecular weight is 460 g/mol. The third-order valence-electron chi connectivity index (χ3n) is 4.13. The maximum atomic E-state index is 11.2. The Labute approximate surface area is 158 Å². The van der Waals surface area contributed by atoms with Gasteiger partial charge in [-0.1, -0.05) is 6.92 Å². The number of aliphatic imine (C=N–C) groups is 1. The second kappa shape index (κ2) is 11.5. The lowest BCUT2D eigenvalue weighted by Crippen LogP contribution is -2.46. The predicted octanol–water partition coefficient (Wildman–Crippen LogP) is 1.32. The van der Waals surface area contributed by atoms with Crippen LogP contribution in [0.2, 0.25) is 0 Å². The van der Waals surface area contributed by atoms with E-state index in [9.17, 15) is 8.42 Å². The molecule has 0 aromatic heterocycles. The van der Waals surface area contributed by atoms with E-state index in [1.807, 2.05) is 6.92 Å². The first-order valence-electron chi connectivity index (χ1n) is 8.17. The molecular formula is C15H33IN4O2S. The smallest absolute Gasteiger partial charge is 0.191 e. The van der Waals surface area contributed by atoms with Gasteiger partial charge in [-0.2, -0.15) is 0 Å². The second-order valence-corrected chi connectivity index (χ2v) is 8.75. The van der Waals surface area contributed by atoms with E-state index in [0.717, 1.165) is 25.0 Å². The van der Waals surface area contributed by atoms with Gasteiger partial charge < -0.3 is 15.5 Å². The van der Waals surface area contributed by atoms with E-state index in [-0.39, 0.29) is 35.8 Å². The molecule has 138 valence electrons. The van der Waals surface area contributed by atoms with Gasteiger partial charge in [-0.3, -0.25) is 4.99 Å². The molecule has 0 aliphatic carbocycles. The van der Waals surface area contributed by atoms with Crippen LogP contribution in [0.5, 0.6) is 0 Å². The summed E-state index contributed by atoms with van der Waals surface area (Å²) in [4.78, 5) is 6.67. The Morgan fingerprint density at radius 3 is 2.48 bits per heavy atom. The molecule has 1 heterocycles. The minimum atomic E-state index is -2.90. The highest BCUT2D eigenvalue weighted by Gasteiger charge is 2.15. The summed E-state index contributed by atoms with van der Waals surface area (Å²) in [6.45, 7) is 8.53. The number of nitrogens with one attached hydrogen (secondary N) is 2. The average Bonchev–Trinajstić information content (AvgIpc) is 2.45. The molecule has 0 aromatic carbocycles. The van der Waals surface area contributed by atoms with Crippen LogP contribution in [-0.2, 0) is 9.84 Å². The van der Waals surface area contributed by atoms with E-state index in [0.29, 0.717) is 6.42 Å². The Hall–Kier alpha value is -0.0900. The third-order valence-corrected chi connectivity index (χ3v) is 5.10. The number of hydrogen-bond acceptors (Lipinski definition) is 4. The summed E-state index contributed by atoms with van der Waals surface area (Å²) in [5.41, 5.74) is 0. The third kappa shape index (κ3) is 11.1. The van der Waals surface area contributed by atoms with E-state index in [2.05, 4.69) is 27.4 Å². The normalized spacial score (nSPS) is 19.0. The molecule has 23 heavy (non-hydrogen) atoms. The Bertz CT molecular complexity index is 448. The first-order chi connectivity index (χ1) is 10.3. The Morgan fingerprint density at radius 2 is 1.96 bits per heavy atom. The van der Waals surface area contributed by atoms with Crippen LogP contribution in [0.1, 0.15) is 33.1 Å². The SMILES string of the molecule is CN=C(NCCN1CCC(C)CC1)NC(C)CCS(C)(=O)=O.I. The molecule has 1 rings (SSSR count). The van der Waals surface area contributed by atoms with Gasteiger partial charge in [0.15, 0.2) is 5.96 Å². The summed E-state index contributed by atoms with van der Waals surface area (Å²) in [6, 6.07) is 0.0803. The number of likely N-dealkylation sites (tertiary alicyclic amines) is 1. The predicted molar refractivity (Wildman–Crippen MR) is 109 cm³/mol. The van der Waals surface area contributed by atoms with E-state index < -0.39 is 9.84 Å². The number of rotatable bonds is 7. The summed E-state index contributed by atoms with van der Waals surface area (Å²) >= 11 is 0. The lowest BCUT2D eigenvalue weighted by atomic mass is 9.99. The van der Waals surface area contributed by atoms with Gasteiger partial charge in [-0.05, 0) is 45.2 Å². The topological polar surface area (TPSA) is 73.8 Å². The van der Waals surface area contributed by atoms with Gasteiger partial charge in [0.1, 0.15) is 9.84 Å². The zero-order valence-corrected chi connectivity index (χ0v) is 18.0. The van der Waals surface area contributed by atoms with Crippen molar-refractivity contribution in [3.63, 3.8) is 0 Å². The van der Waals surface area contributed by atoms with Gasteiger partial charge in [0.05, 0.1) is 5.75 Å². The first-order valence-corrected chi connectivity index (χ1v) is 10.2. The Morgan fingerprint density at radius 1 is 1.35 bits per heavy atom. The van der Waals surface area contributed by atoms with E-state index >= 15 is 0 Å². The molecular weight excluding hydrogens is 427 g/mol. The molecule has 0 saturated carbocycles. The van der Waals surface area contributed by atoms with Crippen LogP contribution in [0.15, 0.2) is 4.99 Å². The molecule has 1 atom stereocenters. The molecule has 2 N–H and O–H groups in total. The van der Waals surface area contributed by atoms with Crippen LogP contribution in [-0.4, -0.2) is 70.6 Å². The molecule has 0 bridgehead atoms. The van der Waals surface area contributed by atoms with Gasteiger partial charge >= 0.3 is 0 Å². The second-order valence-electron chi connectivity index (χ2n) is 6.49. The fraction of sp³-hybridized carbons (Fsp3) is 0.933. The zero-order valence-electron chi connectivity index (χ0n) is 14.8. The number of nitrogens with zero attached hydrogens (tertiary/aromatic N) is 2. The molecule has 0 radical (unpaired) electrons. The van der Waals surface area contributed by atoms with Crippen LogP contribution in [0.25, 0.3) is 0 Å². The number of sulfone groups is 1. The van der Waals surface area contributed by atoms with Crippen LogP contribution in [0, 0.1) is 5.92 Å². The summed E-state index contributed by atoms with van der Waals surface area (Å²) in [6.07, 6.45) is 4.43. The highest BCUT2D eigenvalue weighted by atomic mass is 127. The van der Waals surface area contributed by atoms with E-state index in [1.54, 1.807) is 7.05 Å². The molecule has 6 nitrogen and oxygen atoms in total. The van der Waals surface area contributed by atoms with Crippen LogP contribution < -0.4 is 10.6 Å². The maximum absolute atomic E-state index is 11.2. The van der Waals surface area contributed by atoms with Gasteiger partial charge in [-0.25, -0.2) is 8.42 Å². The fourth-order valence-corrected chi connectivity index (χ4v) is 3.29. The minimum Gasteiger partial charge on any atom is -0.355 e. The molecule has 0 amide bonds. The molecule has 1 aliphatic heterocycles. The van der Waals surface area contributed by atoms with Crippen LogP contribution in [0.3, 0.4) is 0 Å². The van der Waals surface area contributed by atoms with Crippen molar-refractivity contribution in [2.75, 3.05) is 45.2 Å². The molecule has 0 aromatic rings. The number of guanidine groups is 1. The van der Waals surface area contributed by atoms with Crippen molar-refractivity contribution in [1.29, 1.82) is 0 Å². The van der Waals surface area contributed by atoms with Crippen molar-refractivity contribution in [2.45, 2.75) is 39.2 Å². The molecule has 1 aliphatic rings. The number of hydrogen-bond donors (Lipinski definition) is 2. The van der Waals surface area contributed by atoms with Gasteiger partial charge in [0, 0.05) is 32.4 Å². The number of halogens is 1. The number of piperidine rings is 1. The largest absolute Gasteiger partial charge is 0.355 e. The van der Waals surface area contributed by atoms with Crippen molar-refractivity contribution in [3.8, 4) is 0 Å². The Balaban J connectivity index is 0.00000484. The van der Waals surface area contributed by atoms with E-state index in [1.165, 1.54) is 32.2 Å². The lowest BCUT2D eigenvalue weighted by molar-refractivity contribution is 0.195. The molecule has 1 fully saturated rings. The van der Waals surface area contributed by atoms with Crippen LogP contribution in [0.4, 0.5) is 0 Å². The monoisotopic (exact) mass is 460 g/mol. The lowest BCUT2D eigenvalue weighted by Gasteiger charge is -2.30. The van der Waals surface area contributed by atoms with Crippen LogP contribution >= 0.6 is 24.0 Å². The quantitative estimate of drug-likeness (QED) is 0.341. The van der Waals surface area contributed by atoms with Crippen molar-refractivity contribution in [2.24, 2.45) is 10.9 Å². The first kappa shape index (κ1) is 22.9. The summed E-state index contributed by atoms with van der Waals surface area (Å²) in [7, 11) is -1.17. The highest BCUT2D eigenvalue weighted by molar-refractivity contribution is 14.0. The van der Waals surface area contributed by atoms with Crippen molar-refractivity contribution in [3.05, 3.63) is 0 Å². The summed E-state index contributed by atoms with van der Waals surface area (Å²) in [5, 5.41) is 6.54. The molecule has 1 saturated heterocycles. The summed E-state index contributed by atoms with van der Waals surface area (Å²) < 4.78 is 22.4. The maximum Gasteiger partial charge on any atom is 0.191 e. The van der Waals surface area contributed by atoms with Gasteiger partial charge in [0.2, 0.25) is 0 Å². The Kier molecular flexibility index (Phi) is 11.4. The zero-order chi connectivity index (χ0) is 16.6. The molecule has 0 spiro atoms. The standard InChI is InChI=1S/C15H32N4O2S.HI/c1-13-5-9-19(10-6-13)11-8-17-15(16-3)18-14(2)7-12-22(4,20)21;/h13-14H,5-12H2,1-4H3,(H2,16,17,18);1H. The van der Waals surface area contributed by atoms with Gasteiger partial charge in [0.25, 0.3) is 0 Å². The van der Waals surface area contributed by atoms with Gasteiger partial charge in [-0.15, -0.1) is 24.0 Å². The van der Waals surface area contributed by atoms with Crippen molar-refractivity contribution >= 4 is 39.8 Å². The fourth-order valence-electron chi connectivity index (χ4n) is 2.51. The van der Waals surface area contributed by atoms with E-state index in [4.69, 9.17) is 0 Å².